The number of rotatable bonds is 6. The number of methoxy groups -OCH3 is 1. The Morgan fingerprint density at radius 3 is 2.68 bits per heavy atom. The van der Waals surface area contributed by atoms with Gasteiger partial charge in [0, 0.05) is 18.9 Å². The van der Waals surface area contributed by atoms with Crippen LogP contribution in [0.3, 0.4) is 0 Å². The second kappa shape index (κ2) is 6.36. The van der Waals surface area contributed by atoms with Crippen molar-refractivity contribution in [3.63, 3.8) is 0 Å². The van der Waals surface area contributed by atoms with Gasteiger partial charge in [-0.3, -0.25) is 5.84 Å². The number of ether oxygens (including phenoxy) is 1. The molecule has 1 heterocycles. The highest BCUT2D eigenvalue weighted by molar-refractivity contribution is 5.32. The van der Waals surface area contributed by atoms with E-state index in [9.17, 15) is 0 Å². The number of aromatic nitrogens is 2. The Morgan fingerprint density at radius 2 is 2.11 bits per heavy atom. The minimum absolute atomic E-state index is 0.118. The minimum Gasteiger partial charge on any atom is -0.497 e. The molecule has 0 aliphatic carbocycles. The van der Waals surface area contributed by atoms with E-state index in [1.165, 1.54) is 0 Å². The molecule has 3 N–H and O–H groups in total. The van der Waals surface area contributed by atoms with Gasteiger partial charge in [-0.25, -0.2) is 10.4 Å². The molecular weight excluding hydrogens is 240 g/mol. The molecule has 1 unspecified atom stereocenters. The van der Waals surface area contributed by atoms with Crippen molar-refractivity contribution in [3.8, 4) is 5.75 Å². The number of hydrogen-bond acceptors (Lipinski definition) is 4. The normalized spacial score (nSPS) is 12.4. The summed E-state index contributed by atoms with van der Waals surface area (Å²) in [6.07, 6.45) is 4.84. The maximum atomic E-state index is 5.70. The molecule has 19 heavy (non-hydrogen) atoms. The van der Waals surface area contributed by atoms with Gasteiger partial charge in [-0.2, -0.15) is 0 Å². The van der Waals surface area contributed by atoms with Crippen LogP contribution in [0.1, 0.15) is 30.8 Å². The molecule has 0 amide bonds. The van der Waals surface area contributed by atoms with E-state index in [0.717, 1.165) is 30.1 Å². The Labute approximate surface area is 113 Å². The van der Waals surface area contributed by atoms with Crippen LogP contribution < -0.4 is 16.0 Å². The fraction of sp³-hybridized carbons (Fsp3) is 0.357. The molecule has 1 aromatic heterocycles. The van der Waals surface area contributed by atoms with Crippen LogP contribution >= 0.6 is 0 Å². The first-order chi connectivity index (χ1) is 9.30. The number of imidazole rings is 1. The Hall–Kier alpha value is -1.85. The molecule has 0 saturated heterocycles. The molecule has 102 valence electrons. The van der Waals surface area contributed by atoms with Crippen LogP contribution in [0, 0.1) is 0 Å². The Morgan fingerprint density at radius 1 is 1.37 bits per heavy atom. The summed E-state index contributed by atoms with van der Waals surface area (Å²) in [4.78, 5) is 4.41. The van der Waals surface area contributed by atoms with Crippen molar-refractivity contribution in [2.75, 3.05) is 7.11 Å². The van der Waals surface area contributed by atoms with Gasteiger partial charge in [0.15, 0.2) is 0 Å². The first kappa shape index (κ1) is 13.6. The standard InChI is InChI=1S/C14H20N4O/c1-3-9-18-10-8-16-14(18)13(17-15)11-4-6-12(19-2)7-5-11/h4-8,10,13,17H,3,9,15H2,1-2H3. The number of aryl methyl sites for hydroxylation is 1. The molecule has 0 spiro atoms. The lowest BCUT2D eigenvalue weighted by Gasteiger charge is -2.18. The van der Waals surface area contributed by atoms with Crippen molar-refractivity contribution in [2.45, 2.75) is 25.9 Å². The van der Waals surface area contributed by atoms with Crippen LogP contribution in [-0.4, -0.2) is 16.7 Å². The van der Waals surface area contributed by atoms with E-state index in [0.29, 0.717) is 0 Å². The molecule has 5 nitrogen and oxygen atoms in total. The highest BCUT2D eigenvalue weighted by Crippen LogP contribution is 2.22. The van der Waals surface area contributed by atoms with Crippen molar-refractivity contribution in [2.24, 2.45) is 5.84 Å². The molecule has 0 saturated carbocycles. The zero-order valence-corrected chi connectivity index (χ0v) is 11.3. The van der Waals surface area contributed by atoms with Crippen molar-refractivity contribution in [1.82, 2.24) is 15.0 Å². The van der Waals surface area contributed by atoms with Crippen LogP contribution in [0.5, 0.6) is 5.75 Å². The van der Waals surface area contributed by atoms with E-state index in [4.69, 9.17) is 10.6 Å². The Bertz CT molecular complexity index is 506. The highest BCUT2D eigenvalue weighted by Gasteiger charge is 2.17. The molecule has 0 radical (unpaired) electrons. The third-order valence-electron chi connectivity index (χ3n) is 3.09. The third kappa shape index (κ3) is 2.94. The SMILES string of the molecule is CCCn1ccnc1C(NN)c1ccc(OC)cc1. The third-order valence-corrected chi connectivity index (χ3v) is 3.09. The van der Waals surface area contributed by atoms with E-state index >= 15 is 0 Å². The summed E-state index contributed by atoms with van der Waals surface area (Å²) < 4.78 is 7.28. The lowest BCUT2D eigenvalue weighted by atomic mass is 10.1. The van der Waals surface area contributed by atoms with Crippen molar-refractivity contribution >= 4 is 0 Å². The van der Waals surface area contributed by atoms with Gasteiger partial charge >= 0.3 is 0 Å². The smallest absolute Gasteiger partial charge is 0.131 e. The number of hydrazine groups is 1. The van der Waals surface area contributed by atoms with Gasteiger partial charge in [0.2, 0.25) is 0 Å². The lowest BCUT2D eigenvalue weighted by Crippen LogP contribution is -2.31. The number of nitrogens with two attached hydrogens (primary N) is 1. The van der Waals surface area contributed by atoms with Gasteiger partial charge in [-0.05, 0) is 24.1 Å². The average molecular weight is 260 g/mol. The van der Waals surface area contributed by atoms with Gasteiger partial charge in [0.05, 0.1) is 7.11 Å². The summed E-state index contributed by atoms with van der Waals surface area (Å²) in [5.41, 5.74) is 3.89. The molecule has 2 aromatic rings. The largest absolute Gasteiger partial charge is 0.497 e. The molecule has 0 fully saturated rings. The summed E-state index contributed by atoms with van der Waals surface area (Å²) in [5, 5.41) is 0. The summed E-state index contributed by atoms with van der Waals surface area (Å²) in [5.74, 6) is 7.45. The second-order valence-corrected chi connectivity index (χ2v) is 4.35. The van der Waals surface area contributed by atoms with Gasteiger partial charge in [0.1, 0.15) is 17.6 Å². The maximum Gasteiger partial charge on any atom is 0.131 e. The van der Waals surface area contributed by atoms with E-state index in [1.807, 2.05) is 30.5 Å². The minimum atomic E-state index is -0.118. The highest BCUT2D eigenvalue weighted by atomic mass is 16.5. The number of nitrogens with one attached hydrogen (secondary N) is 1. The lowest BCUT2D eigenvalue weighted by molar-refractivity contribution is 0.414. The molecule has 0 bridgehead atoms. The Balaban J connectivity index is 2.29. The van der Waals surface area contributed by atoms with E-state index in [2.05, 4.69) is 21.9 Å². The Kier molecular flexibility index (Phi) is 4.54. The summed E-state index contributed by atoms with van der Waals surface area (Å²) in [6, 6.07) is 7.72. The molecule has 1 aromatic carbocycles. The molecule has 5 heteroatoms. The van der Waals surface area contributed by atoms with Gasteiger partial charge in [-0.1, -0.05) is 19.1 Å². The fourth-order valence-corrected chi connectivity index (χ4v) is 2.13. The maximum absolute atomic E-state index is 5.70. The summed E-state index contributed by atoms with van der Waals surface area (Å²) in [7, 11) is 1.65. The quantitative estimate of drug-likeness (QED) is 0.614. The van der Waals surface area contributed by atoms with Crippen LogP contribution in [0.4, 0.5) is 0 Å². The first-order valence-electron chi connectivity index (χ1n) is 6.41. The average Bonchev–Trinajstić information content (AvgIpc) is 2.89. The zero-order chi connectivity index (χ0) is 13.7. The number of hydrogen-bond donors (Lipinski definition) is 2. The predicted molar refractivity (Wildman–Crippen MR) is 74.7 cm³/mol. The van der Waals surface area contributed by atoms with Crippen LogP contribution in [0.25, 0.3) is 0 Å². The zero-order valence-electron chi connectivity index (χ0n) is 11.3. The van der Waals surface area contributed by atoms with Crippen LogP contribution in [0.15, 0.2) is 36.7 Å². The van der Waals surface area contributed by atoms with Gasteiger partial charge in [-0.15, -0.1) is 0 Å². The van der Waals surface area contributed by atoms with Crippen molar-refractivity contribution in [3.05, 3.63) is 48.0 Å². The van der Waals surface area contributed by atoms with Gasteiger partial charge in [0.25, 0.3) is 0 Å². The monoisotopic (exact) mass is 260 g/mol. The van der Waals surface area contributed by atoms with Crippen LogP contribution in [-0.2, 0) is 6.54 Å². The first-order valence-corrected chi connectivity index (χ1v) is 6.41. The van der Waals surface area contributed by atoms with E-state index in [-0.39, 0.29) is 6.04 Å². The van der Waals surface area contributed by atoms with E-state index < -0.39 is 0 Å². The van der Waals surface area contributed by atoms with E-state index in [1.54, 1.807) is 13.3 Å². The van der Waals surface area contributed by atoms with Crippen molar-refractivity contribution in [1.29, 1.82) is 0 Å². The number of nitrogens with zero attached hydrogens (tertiary/aromatic N) is 2. The molecule has 0 aliphatic rings. The molecule has 2 rings (SSSR count). The van der Waals surface area contributed by atoms with Gasteiger partial charge < -0.3 is 9.30 Å². The molecule has 0 aliphatic heterocycles. The van der Waals surface area contributed by atoms with Crippen molar-refractivity contribution < 1.29 is 4.74 Å². The van der Waals surface area contributed by atoms with Crippen LogP contribution in [0.2, 0.25) is 0 Å². The second-order valence-electron chi connectivity index (χ2n) is 4.35. The molecule has 1 atom stereocenters. The topological polar surface area (TPSA) is 65.1 Å². The predicted octanol–water partition coefficient (Wildman–Crippen LogP) is 1.85. The fourth-order valence-electron chi connectivity index (χ4n) is 2.13. The molecular formula is C14H20N4O. The summed E-state index contributed by atoms with van der Waals surface area (Å²) in [6.45, 7) is 3.08. The summed E-state index contributed by atoms with van der Waals surface area (Å²) >= 11 is 0. The number of benzene rings is 1.